The third-order valence-corrected chi connectivity index (χ3v) is 5.45. The first-order valence-corrected chi connectivity index (χ1v) is 9.45. The lowest BCUT2D eigenvalue weighted by molar-refractivity contribution is 1.000. The lowest BCUT2D eigenvalue weighted by Gasteiger charge is -2.20. The van der Waals surface area contributed by atoms with Gasteiger partial charge in [0.05, 0.1) is 11.9 Å². The number of rotatable bonds is 3. The van der Waals surface area contributed by atoms with E-state index in [0.717, 1.165) is 40.5 Å². The summed E-state index contributed by atoms with van der Waals surface area (Å²) in [7, 11) is 0. The van der Waals surface area contributed by atoms with E-state index >= 15 is 0 Å². The van der Waals surface area contributed by atoms with Crippen molar-refractivity contribution in [3.63, 3.8) is 0 Å². The van der Waals surface area contributed by atoms with Crippen molar-refractivity contribution in [3.05, 3.63) is 77.9 Å². The van der Waals surface area contributed by atoms with Gasteiger partial charge in [-0.15, -0.1) is 11.3 Å². The molecule has 1 aliphatic heterocycles. The molecule has 2 aromatic carbocycles. The van der Waals surface area contributed by atoms with Gasteiger partial charge in [0.15, 0.2) is 0 Å². The molecular weight excluding hydrogens is 340 g/mol. The molecule has 2 aromatic heterocycles. The summed E-state index contributed by atoms with van der Waals surface area (Å²) in [5, 5.41) is 3.28. The molecule has 4 nitrogen and oxygen atoms in total. The summed E-state index contributed by atoms with van der Waals surface area (Å²) in [5.41, 5.74) is 3.49. The summed E-state index contributed by atoms with van der Waals surface area (Å²) in [6, 6.07) is 20.7. The van der Waals surface area contributed by atoms with Crippen LogP contribution in [0.25, 0.3) is 21.3 Å². The first kappa shape index (κ1) is 15.2. The van der Waals surface area contributed by atoms with E-state index in [0.29, 0.717) is 0 Å². The molecule has 0 bridgehead atoms. The van der Waals surface area contributed by atoms with E-state index in [-0.39, 0.29) is 0 Å². The third-order valence-electron chi connectivity index (χ3n) is 4.56. The Morgan fingerprint density at radius 3 is 2.35 bits per heavy atom. The van der Waals surface area contributed by atoms with Crippen LogP contribution in [0.3, 0.4) is 0 Å². The van der Waals surface area contributed by atoms with E-state index in [4.69, 9.17) is 4.99 Å². The quantitative estimate of drug-likeness (QED) is 0.538. The van der Waals surface area contributed by atoms with Crippen LogP contribution in [0.4, 0.5) is 5.82 Å². The molecule has 0 saturated carbocycles. The number of hydrogen-bond acceptors (Lipinski definition) is 5. The van der Waals surface area contributed by atoms with Crippen molar-refractivity contribution in [2.45, 2.75) is 0 Å². The molecule has 0 saturated heterocycles. The molecule has 5 heteroatoms. The SMILES string of the molecule is c1ccc(C2=NCCN2c2ncnc3scc(-c4ccccc4)c23)cc1. The van der Waals surface area contributed by atoms with Crippen LogP contribution in [0.2, 0.25) is 0 Å². The molecule has 126 valence electrons. The first-order valence-electron chi connectivity index (χ1n) is 8.57. The van der Waals surface area contributed by atoms with Gasteiger partial charge in [0, 0.05) is 23.1 Å². The Kier molecular flexibility index (Phi) is 3.72. The Morgan fingerprint density at radius 1 is 0.846 bits per heavy atom. The van der Waals surface area contributed by atoms with Gasteiger partial charge in [-0.1, -0.05) is 60.7 Å². The second kappa shape index (κ2) is 6.35. The predicted octanol–water partition coefficient (Wildman–Crippen LogP) is 4.63. The zero-order valence-corrected chi connectivity index (χ0v) is 14.9. The molecule has 0 N–H and O–H groups in total. The van der Waals surface area contributed by atoms with E-state index in [1.807, 2.05) is 24.3 Å². The van der Waals surface area contributed by atoms with Gasteiger partial charge >= 0.3 is 0 Å². The zero-order chi connectivity index (χ0) is 17.3. The maximum Gasteiger partial charge on any atom is 0.147 e. The number of nitrogens with zero attached hydrogens (tertiary/aromatic N) is 4. The van der Waals surface area contributed by atoms with E-state index in [1.165, 1.54) is 11.1 Å². The number of amidine groups is 1. The highest BCUT2D eigenvalue weighted by atomic mass is 32.1. The van der Waals surface area contributed by atoms with Gasteiger partial charge < -0.3 is 4.90 Å². The van der Waals surface area contributed by atoms with Gasteiger partial charge in [-0.2, -0.15) is 0 Å². The summed E-state index contributed by atoms with van der Waals surface area (Å²) in [6.45, 7) is 1.61. The highest BCUT2D eigenvalue weighted by molar-refractivity contribution is 7.17. The van der Waals surface area contributed by atoms with Crippen molar-refractivity contribution in [2.24, 2.45) is 4.99 Å². The molecule has 0 radical (unpaired) electrons. The summed E-state index contributed by atoms with van der Waals surface area (Å²) in [4.78, 5) is 17.1. The van der Waals surface area contributed by atoms with Crippen molar-refractivity contribution >= 4 is 33.2 Å². The normalized spacial score (nSPS) is 14.0. The van der Waals surface area contributed by atoms with Crippen LogP contribution in [-0.2, 0) is 0 Å². The van der Waals surface area contributed by atoms with Gasteiger partial charge in [-0.3, -0.25) is 4.99 Å². The minimum Gasteiger partial charge on any atom is -0.308 e. The third kappa shape index (κ3) is 2.48. The maximum absolute atomic E-state index is 4.74. The Balaban J connectivity index is 1.68. The summed E-state index contributed by atoms with van der Waals surface area (Å²) >= 11 is 1.66. The van der Waals surface area contributed by atoms with Crippen LogP contribution in [0, 0.1) is 0 Å². The second-order valence-corrected chi connectivity index (χ2v) is 6.97. The molecule has 0 atom stereocenters. The standard InChI is InChI=1S/C21H16N4S/c1-3-7-15(8-4-1)17-13-26-21-18(17)20(23-14-24-21)25-12-11-22-19(25)16-9-5-2-6-10-16/h1-10,13-14H,11-12H2. The fraction of sp³-hybridized carbons (Fsp3) is 0.0952. The average molecular weight is 356 g/mol. The first-order chi connectivity index (χ1) is 12.9. The summed E-state index contributed by atoms with van der Waals surface area (Å²) in [6.07, 6.45) is 1.66. The van der Waals surface area contributed by atoms with Gasteiger partial charge in [-0.05, 0) is 5.56 Å². The van der Waals surface area contributed by atoms with E-state index in [9.17, 15) is 0 Å². The number of aliphatic imine (C=N–C) groups is 1. The van der Waals surface area contributed by atoms with Gasteiger partial charge in [0.2, 0.25) is 0 Å². The smallest absolute Gasteiger partial charge is 0.147 e. The highest BCUT2D eigenvalue weighted by Gasteiger charge is 2.25. The Hall–Kier alpha value is -3.05. The number of thiophene rings is 1. The Bertz CT molecular complexity index is 1090. The van der Waals surface area contributed by atoms with Crippen LogP contribution < -0.4 is 4.90 Å². The van der Waals surface area contributed by atoms with Crippen LogP contribution >= 0.6 is 11.3 Å². The predicted molar refractivity (Wildman–Crippen MR) is 108 cm³/mol. The van der Waals surface area contributed by atoms with Crippen LogP contribution in [0.15, 0.2) is 77.4 Å². The van der Waals surface area contributed by atoms with Gasteiger partial charge in [0.1, 0.15) is 22.8 Å². The van der Waals surface area contributed by atoms with E-state index in [2.05, 4.69) is 56.6 Å². The number of benzene rings is 2. The molecule has 4 aromatic rings. The molecule has 3 heterocycles. The number of hydrogen-bond donors (Lipinski definition) is 0. The van der Waals surface area contributed by atoms with Gasteiger partial charge in [-0.25, -0.2) is 9.97 Å². The topological polar surface area (TPSA) is 41.4 Å². The maximum atomic E-state index is 4.74. The molecule has 5 rings (SSSR count). The fourth-order valence-corrected chi connectivity index (χ4v) is 4.29. The number of aromatic nitrogens is 2. The molecule has 0 unspecified atom stereocenters. The van der Waals surface area contributed by atoms with E-state index in [1.54, 1.807) is 17.7 Å². The minimum absolute atomic E-state index is 0.778. The lowest BCUT2D eigenvalue weighted by Crippen LogP contribution is -2.29. The fourth-order valence-electron chi connectivity index (χ4n) is 3.38. The van der Waals surface area contributed by atoms with Crippen molar-refractivity contribution in [3.8, 4) is 11.1 Å². The molecule has 0 amide bonds. The number of fused-ring (bicyclic) bond motifs is 1. The Labute approximate surface area is 155 Å². The van der Waals surface area contributed by atoms with Gasteiger partial charge in [0.25, 0.3) is 0 Å². The van der Waals surface area contributed by atoms with Crippen molar-refractivity contribution in [2.75, 3.05) is 18.0 Å². The largest absolute Gasteiger partial charge is 0.308 e. The van der Waals surface area contributed by atoms with Crippen molar-refractivity contribution in [1.82, 2.24) is 9.97 Å². The molecule has 0 spiro atoms. The molecule has 0 aliphatic carbocycles. The lowest BCUT2D eigenvalue weighted by atomic mass is 10.1. The van der Waals surface area contributed by atoms with Crippen molar-refractivity contribution < 1.29 is 0 Å². The number of anilines is 1. The minimum atomic E-state index is 0.778. The molecular formula is C21H16N4S. The van der Waals surface area contributed by atoms with Crippen LogP contribution in [-0.4, -0.2) is 28.9 Å². The van der Waals surface area contributed by atoms with E-state index < -0.39 is 0 Å². The molecule has 26 heavy (non-hydrogen) atoms. The zero-order valence-electron chi connectivity index (χ0n) is 14.0. The van der Waals surface area contributed by atoms with Crippen molar-refractivity contribution in [1.29, 1.82) is 0 Å². The summed E-state index contributed by atoms with van der Waals surface area (Å²) in [5.74, 6) is 1.92. The van der Waals surface area contributed by atoms with Crippen LogP contribution in [0.1, 0.15) is 5.56 Å². The highest BCUT2D eigenvalue weighted by Crippen LogP contribution is 2.38. The molecule has 0 fully saturated rings. The second-order valence-electron chi connectivity index (χ2n) is 6.12. The summed E-state index contributed by atoms with van der Waals surface area (Å²) < 4.78 is 0. The Morgan fingerprint density at radius 2 is 1.58 bits per heavy atom. The van der Waals surface area contributed by atoms with Crippen LogP contribution in [0.5, 0.6) is 0 Å². The average Bonchev–Trinajstić information content (AvgIpc) is 3.36. The monoisotopic (exact) mass is 356 g/mol. The molecule has 1 aliphatic rings.